The van der Waals surface area contributed by atoms with E-state index in [0.29, 0.717) is 12.3 Å². The van der Waals surface area contributed by atoms with Crippen LogP contribution in [0.3, 0.4) is 0 Å². The minimum Gasteiger partial charge on any atom is -0.294 e. The molecule has 2 aromatic rings. The van der Waals surface area contributed by atoms with Gasteiger partial charge in [0.1, 0.15) is 5.82 Å². The smallest absolute Gasteiger partial charge is 0.164 e. The fourth-order valence-corrected chi connectivity index (χ4v) is 2.88. The summed E-state index contributed by atoms with van der Waals surface area (Å²) in [4.78, 5) is 12.2. The van der Waals surface area contributed by atoms with Crippen LogP contribution in [0.4, 0.5) is 4.39 Å². The van der Waals surface area contributed by atoms with Gasteiger partial charge in [0.05, 0.1) is 0 Å². The fourth-order valence-electron chi connectivity index (χ4n) is 2.88. The van der Waals surface area contributed by atoms with Crippen molar-refractivity contribution in [1.82, 2.24) is 0 Å². The topological polar surface area (TPSA) is 17.1 Å². The first-order valence-corrected chi connectivity index (χ1v) is 6.99. The van der Waals surface area contributed by atoms with Crippen molar-refractivity contribution in [2.75, 3.05) is 0 Å². The van der Waals surface area contributed by atoms with Crippen LogP contribution in [0.2, 0.25) is 0 Å². The molecule has 0 saturated carbocycles. The number of carbonyl (C=O) groups excluding carboxylic acids is 1. The van der Waals surface area contributed by atoms with Crippen molar-refractivity contribution in [2.24, 2.45) is 0 Å². The zero-order valence-corrected chi connectivity index (χ0v) is 11.7. The highest BCUT2D eigenvalue weighted by atomic mass is 19.1. The van der Waals surface area contributed by atoms with Gasteiger partial charge in [-0.3, -0.25) is 4.79 Å². The summed E-state index contributed by atoms with van der Waals surface area (Å²) in [5.41, 5.74) is 4.11. The van der Waals surface area contributed by atoms with E-state index in [1.165, 1.54) is 17.7 Å². The molecule has 1 aliphatic rings. The summed E-state index contributed by atoms with van der Waals surface area (Å²) in [6.45, 7) is 4.25. The average Bonchev–Trinajstić information content (AvgIpc) is 2.76. The number of hydrogen-bond donors (Lipinski definition) is 0. The summed E-state index contributed by atoms with van der Waals surface area (Å²) in [5, 5.41) is 0. The highest BCUT2D eigenvalue weighted by molar-refractivity contribution is 6.02. The first-order chi connectivity index (χ1) is 9.56. The molecule has 0 spiro atoms. The molecule has 0 bridgehead atoms. The van der Waals surface area contributed by atoms with Crippen LogP contribution in [0.5, 0.6) is 0 Å². The minimum atomic E-state index is -0.242. The zero-order valence-electron chi connectivity index (χ0n) is 11.7. The van der Waals surface area contributed by atoms with Gasteiger partial charge in [0.25, 0.3) is 0 Å². The maximum absolute atomic E-state index is 13.0. The molecule has 20 heavy (non-hydrogen) atoms. The Balaban J connectivity index is 2.04. The largest absolute Gasteiger partial charge is 0.294 e. The highest BCUT2D eigenvalue weighted by Crippen LogP contribution is 2.39. The van der Waals surface area contributed by atoms with E-state index in [9.17, 15) is 9.18 Å². The van der Waals surface area contributed by atoms with Gasteiger partial charge in [0.15, 0.2) is 5.78 Å². The molecular weight excluding hydrogens is 251 g/mol. The monoisotopic (exact) mass is 268 g/mol. The number of fused-ring (bicyclic) bond motifs is 1. The van der Waals surface area contributed by atoms with E-state index in [1.807, 2.05) is 6.07 Å². The molecule has 3 rings (SSSR count). The van der Waals surface area contributed by atoms with Crippen LogP contribution in [0, 0.1) is 5.82 Å². The molecule has 0 aliphatic heterocycles. The second-order valence-electron chi connectivity index (χ2n) is 5.73. The van der Waals surface area contributed by atoms with Gasteiger partial charge in [-0.15, -0.1) is 0 Å². The minimum absolute atomic E-state index is 0.0688. The molecule has 1 nitrogen and oxygen atoms in total. The van der Waals surface area contributed by atoms with E-state index in [0.717, 1.165) is 16.7 Å². The Morgan fingerprint density at radius 1 is 1.10 bits per heavy atom. The van der Waals surface area contributed by atoms with Crippen molar-refractivity contribution in [3.63, 3.8) is 0 Å². The summed E-state index contributed by atoms with van der Waals surface area (Å²) in [7, 11) is 0. The van der Waals surface area contributed by atoms with Gasteiger partial charge >= 0.3 is 0 Å². The third kappa shape index (κ3) is 2.15. The standard InChI is InChI=1S/C18H17FO/c1-11(2)13-5-8-15-16(10-18(20)17(15)9-13)12-3-6-14(19)7-4-12/h3-9,11,16H,10H2,1-2H3/t16-/m0/s1. The van der Waals surface area contributed by atoms with Crippen LogP contribution in [0.1, 0.15) is 59.2 Å². The van der Waals surface area contributed by atoms with E-state index >= 15 is 0 Å². The normalized spacial score (nSPS) is 17.6. The third-order valence-electron chi connectivity index (χ3n) is 4.08. The Morgan fingerprint density at radius 2 is 1.80 bits per heavy atom. The number of carbonyl (C=O) groups is 1. The van der Waals surface area contributed by atoms with Crippen LogP contribution in [-0.2, 0) is 0 Å². The summed E-state index contributed by atoms with van der Waals surface area (Å²) < 4.78 is 13.0. The van der Waals surface area contributed by atoms with E-state index in [2.05, 4.69) is 26.0 Å². The molecule has 0 amide bonds. The van der Waals surface area contributed by atoms with Crippen LogP contribution in [-0.4, -0.2) is 5.78 Å². The molecule has 2 heteroatoms. The molecule has 0 saturated heterocycles. The first-order valence-electron chi connectivity index (χ1n) is 6.99. The lowest BCUT2D eigenvalue weighted by atomic mass is 9.91. The molecule has 1 aliphatic carbocycles. The first kappa shape index (κ1) is 13.0. The SMILES string of the molecule is CC(C)c1ccc2c(c1)C(=O)C[C@H]2c1ccc(F)cc1. The fraction of sp³-hybridized carbons (Fsp3) is 0.278. The summed E-state index contributed by atoms with van der Waals surface area (Å²) in [6.07, 6.45) is 0.489. The average molecular weight is 268 g/mol. The van der Waals surface area contributed by atoms with Crippen molar-refractivity contribution in [2.45, 2.75) is 32.1 Å². The Labute approximate surface area is 118 Å². The lowest BCUT2D eigenvalue weighted by Crippen LogP contribution is -1.97. The predicted octanol–water partition coefficient (Wildman–Crippen LogP) is 4.67. The molecule has 0 unspecified atom stereocenters. The van der Waals surface area contributed by atoms with Crippen molar-refractivity contribution in [3.8, 4) is 0 Å². The molecule has 1 atom stereocenters. The Morgan fingerprint density at radius 3 is 2.45 bits per heavy atom. The Kier molecular flexibility index (Phi) is 3.17. The maximum Gasteiger partial charge on any atom is 0.164 e. The number of rotatable bonds is 2. The van der Waals surface area contributed by atoms with Gasteiger partial charge in [-0.2, -0.15) is 0 Å². The number of ketones is 1. The lowest BCUT2D eigenvalue weighted by molar-refractivity contribution is 0.0991. The van der Waals surface area contributed by atoms with E-state index in [-0.39, 0.29) is 17.5 Å². The van der Waals surface area contributed by atoms with Crippen molar-refractivity contribution in [1.29, 1.82) is 0 Å². The second kappa shape index (κ2) is 4.86. The summed E-state index contributed by atoms with van der Waals surface area (Å²) in [5.74, 6) is 0.433. The van der Waals surface area contributed by atoms with E-state index in [4.69, 9.17) is 0 Å². The molecular formula is C18H17FO. The van der Waals surface area contributed by atoms with Crippen molar-refractivity contribution < 1.29 is 9.18 Å². The molecule has 102 valence electrons. The number of Topliss-reactive ketones (excluding diaryl/α,β-unsaturated/α-hetero) is 1. The van der Waals surface area contributed by atoms with Crippen LogP contribution in [0.15, 0.2) is 42.5 Å². The third-order valence-corrected chi connectivity index (χ3v) is 4.08. The van der Waals surface area contributed by atoms with Crippen LogP contribution >= 0.6 is 0 Å². The van der Waals surface area contributed by atoms with Gasteiger partial charge in [0, 0.05) is 17.9 Å². The number of halogens is 1. The van der Waals surface area contributed by atoms with Gasteiger partial charge in [0.2, 0.25) is 0 Å². The van der Waals surface area contributed by atoms with E-state index < -0.39 is 0 Å². The summed E-state index contributed by atoms with van der Waals surface area (Å²) in [6, 6.07) is 12.6. The molecule has 0 fully saturated rings. The Bertz CT molecular complexity index is 656. The van der Waals surface area contributed by atoms with E-state index in [1.54, 1.807) is 12.1 Å². The molecule has 0 heterocycles. The second-order valence-corrected chi connectivity index (χ2v) is 5.73. The van der Waals surface area contributed by atoms with Crippen LogP contribution in [0.25, 0.3) is 0 Å². The van der Waals surface area contributed by atoms with Gasteiger partial charge in [-0.05, 0) is 40.8 Å². The zero-order chi connectivity index (χ0) is 14.3. The number of hydrogen-bond acceptors (Lipinski definition) is 1. The lowest BCUT2D eigenvalue weighted by Gasteiger charge is -2.12. The predicted molar refractivity (Wildman–Crippen MR) is 77.7 cm³/mol. The van der Waals surface area contributed by atoms with Crippen molar-refractivity contribution in [3.05, 3.63) is 70.5 Å². The highest BCUT2D eigenvalue weighted by Gasteiger charge is 2.30. The number of benzene rings is 2. The maximum atomic E-state index is 13.0. The van der Waals surface area contributed by atoms with Gasteiger partial charge < -0.3 is 0 Å². The Hall–Kier alpha value is -1.96. The van der Waals surface area contributed by atoms with Crippen LogP contribution < -0.4 is 0 Å². The molecule has 0 aromatic heterocycles. The summed E-state index contributed by atoms with van der Waals surface area (Å²) >= 11 is 0. The molecule has 2 aromatic carbocycles. The van der Waals surface area contributed by atoms with Gasteiger partial charge in [-0.1, -0.05) is 38.1 Å². The van der Waals surface area contributed by atoms with Crippen molar-refractivity contribution >= 4 is 5.78 Å². The molecule has 0 radical (unpaired) electrons. The van der Waals surface area contributed by atoms with Gasteiger partial charge in [-0.25, -0.2) is 4.39 Å². The molecule has 0 N–H and O–H groups in total. The quantitative estimate of drug-likeness (QED) is 0.773.